The molecular weight excluding hydrogens is 140 g/mol. The Kier molecular flexibility index (Phi) is 1.55. The fraction of sp³-hybridized carbons (Fsp3) is 0.778. The van der Waals surface area contributed by atoms with E-state index in [0.717, 1.165) is 18.8 Å². The van der Waals surface area contributed by atoms with Crippen LogP contribution in [0, 0.1) is 11.8 Å². The number of hydrogen-bond donors (Lipinski definition) is 2. The van der Waals surface area contributed by atoms with Gasteiger partial charge in [0.2, 0.25) is 0 Å². The Morgan fingerprint density at radius 1 is 0.909 bits per heavy atom. The van der Waals surface area contributed by atoms with E-state index in [1.165, 1.54) is 12.8 Å². The fourth-order valence-electron chi connectivity index (χ4n) is 1.90. The lowest BCUT2D eigenvalue weighted by Gasteiger charge is -2.20. The number of aliphatic hydroxyl groups is 2. The Morgan fingerprint density at radius 2 is 1.64 bits per heavy atom. The zero-order chi connectivity index (χ0) is 7.84. The van der Waals surface area contributed by atoms with Gasteiger partial charge >= 0.3 is 0 Å². The number of aliphatic hydroxyl groups excluding tert-OH is 2. The zero-order valence-electron chi connectivity index (χ0n) is 6.58. The van der Waals surface area contributed by atoms with Crippen LogP contribution in [0.15, 0.2) is 11.5 Å². The lowest BCUT2D eigenvalue weighted by molar-refractivity contribution is 0.231. The van der Waals surface area contributed by atoms with Gasteiger partial charge < -0.3 is 10.2 Å². The second kappa shape index (κ2) is 2.43. The smallest absolute Gasteiger partial charge is 0.130 e. The molecule has 0 aromatic heterocycles. The van der Waals surface area contributed by atoms with Crippen molar-refractivity contribution in [2.24, 2.45) is 11.8 Å². The molecule has 62 valence electrons. The summed E-state index contributed by atoms with van der Waals surface area (Å²) in [5.41, 5.74) is 0. The van der Waals surface area contributed by atoms with Crippen LogP contribution in [0.25, 0.3) is 0 Å². The van der Waals surface area contributed by atoms with E-state index in [9.17, 15) is 5.11 Å². The molecule has 2 nitrogen and oxygen atoms in total. The topological polar surface area (TPSA) is 40.5 Å². The predicted molar refractivity (Wildman–Crippen MR) is 42.3 cm³/mol. The van der Waals surface area contributed by atoms with Crippen molar-refractivity contribution in [1.29, 1.82) is 0 Å². The number of rotatable bonds is 1. The summed E-state index contributed by atoms with van der Waals surface area (Å²) in [5, 5.41) is 18.4. The molecule has 1 unspecified atom stereocenters. The van der Waals surface area contributed by atoms with Crippen LogP contribution >= 0.6 is 0 Å². The minimum absolute atomic E-state index is 0.224. The van der Waals surface area contributed by atoms with Gasteiger partial charge in [0.1, 0.15) is 11.5 Å². The maximum atomic E-state index is 9.25. The van der Waals surface area contributed by atoms with Crippen molar-refractivity contribution < 1.29 is 10.2 Å². The van der Waals surface area contributed by atoms with Crippen molar-refractivity contribution >= 4 is 0 Å². The van der Waals surface area contributed by atoms with Crippen molar-refractivity contribution in [3.63, 3.8) is 0 Å². The van der Waals surface area contributed by atoms with E-state index in [1.54, 1.807) is 0 Å². The quantitative estimate of drug-likeness (QED) is 0.609. The Bertz CT molecular complexity index is 192. The number of hydrogen-bond acceptors (Lipinski definition) is 2. The Morgan fingerprint density at radius 3 is 2.18 bits per heavy atom. The van der Waals surface area contributed by atoms with E-state index in [-0.39, 0.29) is 11.5 Å². The summed E-state index contributed by atoms with van der Waals surface area (Å²) in [6, 6.07) is 0. The van der Waals surface area contributed by atoms with E-state index in [0.29, 0.717) is 12.3 Å². The summed E-state index contributed by atoms with van der Waals surface area (Å²) < 4.78 is 0. The van der Waals surface area contributed by atoms with Crippen LogP contribution in [0.3, 0.4) is 0 Å². The highest BCUT2D eigenvalue weighted by Gasteiger charge is 2.34. The highest BCUT2D eigenvalue weighted by atomic mass is 16.3. The van der Waals surface area contributed by atoms with Crippen LogP contribution in [-0.2, 0) is 0 Å². The van der Waals surface area contributed by atoms with E-state index in [4.69, 9.17) is 5.11 Å². The average molecular weight is 154 g/mol. The maximum absolute atomic E-state index is 9.25. The SMILES string of the molecule is OC1=C(O)CC(C2CC2)CC1. The molecule has 2 N–H and O–H groups in total. The average Bonchev–Trinajstić information content (AvgIpc) is 2.77. The van der Waals surface area contributed by atoms with E-state index in [2.05, 4.69) is 0 Å². The Balaban J connectivity index is 2.00. The Hall–Kier alpha value is -0.660. The van der Waals surface area contributed by atoms with E-state index < -0.39 is 0 Å². The van der Waals surface area contributed by atoms with Gasteiger partial charge in [0.15, 0.2) is 0 Å². The molecule has 0 radical (unpaired) electrons. The monoisotopic (exact) mass is 154 g/mol. The van der Waals surface area contributed by atoms with Gasteiger partial charge in [-0.15, -0.1) is 0 Å². The molecule has 0 aromatic rings. The first kappa shape index (κ1) is 7.01. The molecule has 0 aromatic carbocycles. The van der Waals surface area contributed by atoms with Crippen LogP contribution in [0.5, 0.6) is 0 Å². The van der Waals surface area contributed by atoms with Crippen molar-refractivity contribution in [2.45, 2.75) is 32.1 Å². The minimum atomic E-state index is 0.224. The van der Waals surface area contributed by atoms with Crippen LogP contribution in [0.4, 0.5) is 0 Å². The lowest BCUT2D eigenvalue weighted by atomic mass is 9.88. The molecule has 0 bridgehead atoms. The van der Waals surface area contributed by atoms with Crippen LogP contribution in [0.2, 0.25) is 0 Å². The molecule has 2 aliphatic rings. The third-order valence-corrected chi connectivity index (χ3v) is 2.83. The molecular formula is C9H14O2. The predicted octanol–water partition coefficient (Wildman–Crippen LogP) is 2.52. The highest BCUT2D eigenvalue weighted by molar-refractivity contribution is 5.06. The zero-order valence-corrected chi connectivity index (χ0v) is 6.58. The first-order chi connectivity index (χ1) is 5.27. The van der Waals surface area contributed by atoms with Crippen molar-refractivity contribution in [3.8, 4) is 0 Å². The van der Waals surface area contributed by atoms with Crippen LogP contribution in [-0.4, -0.2) is 10.2 Å². The Labute approximate surface area is 66.5 Å². The standard InChI is InChI=1S/C9H14O2/c10-8-4-3-7(5-9(8)11)6-1-2-6/h6-7,10-11H,1-5H2. The van der Waals surface area contributed by atoms with Gasteiger partial charge in [-0.05, 0) is 31.1 Å². The van der Waals surface area contributed by atoms with Gasteiger partial charge in [-0.2, -0.15) is 0 Å². The third kappa shape index (κ3) is 1.35. The minimum Gasteiger partial charge on any atom is -0.509 e. The normalized spacial score (nSPS) is 32.5. The van der Waals surface area contributed by atoms with E-state index >= 15 is 0 Å². The molecule has 1 saturated carbocycles. The van der Waals surface area contributed by atoms with Gasteiger partial charge in [0.25, 0.3) is 0 Å². The first-order valence-electron chi connectivity index (χ1n) is 4.37. The first-order valence-corrected chi connectivity index (χ1v) is 4.37. The summed E-state index contributed by atoms with van der Waals surface area (Å²) in [6.07, 6.45) is 5.14. The van der Waals surface area contributed by atoms with Crippen molar-refractivity contribution in [1.82, 2.24) is 0 Å². The van der Waals surface area contributed by atoms with Gasteiger partial charge in [0, 0.05) is 12.8 Å². The summed E-state index contributed by atoms with van der Waals surface area (Å²) in [7, 11) is 0. The maximum Gasteiger partial charge on any atom is 0.130 e. The van der Waals surface area contributed by atoms with Gasteiger partial charge in [0.05, 0.1) is 0 Å². The third-order valence-electron chi connectivity index (χ3n) is 2.83. The molecule has 2 heteroatoms. The molecule has 0 saturated heterocycles. The van der Waals surface area contributed by atoms with Gasteiger partial charge in [-0.3, -0.25) is 0 Å². The lowest BCUT2D eigenvalue weighted by Crippen LogP contribution is -2.11. The number of allylic oxidation sites excluding steroid dienone is 2. The largest absolute Gasteiger partial charge is 0.509 e. The molecule has 11 heavy (non-hydrogen) atoms. The molecule has 0 heterocycles. The van der Waals surface area contributed by atoms with Crippen LogP contribution < -0.4 is 0 Å². The molecule has 1 atom stereocenters. The summed E-state index contributed by atoms with van der Waals surface area (Å²) >= 11 is 0. The van der Waals surface area contributed by atoms with Gasteiger partial charge in [-0.25, -0.2) is 0 Å². The fourth-order valence-corrected chi connectivity index (χ4v) is 1.90. The summed E-state index contributed by atoms with van der Waals surface area (Å²) in [5.74, 6) is 1.98. The highest BCUT2D eigenvalue weighted by Crippen LogP contribution is 2.44. The summed E-state index contributed by atoms with van der Waals surface area (Å²) in [4.78, 5) is 0. The molecule has 2 rings (SSSR count). The second-order valence-electron chi connectivity index (χ2n) is 3.73. The van der Waals surface area contributed by atoms with E-state index in [1.807, 2.05) is 0 Å². The van der Waals surface area contributed by atoms with Crippen molar-refractivity contribution in [3.05, 3.63) is 11.5 Å². The van der Waals surface area contributed by atoms with Crippen LogP contribution in [0.1, 0.15) is 32.1 Å². The van der Waals surface area contributed by atoms with Gasteiger partial charge in [-0.1, -0.05) is 0 Å². The molecule has 0 aliphatic heterocycles. The molecule has 1 fully saturated rings. The molecule has 0 spiro atoms. The van der Waals surface area contributed by atoms with Crippen molar-refractivity contribution in [2.75, 3.05) is 0 Å². The molecule has 2 aliphatic carbocycles. The second-order valence-corrected chi connectivity index (χ2v) is 3.73. The molecule has 0 amide bonds. The summed E-state index contributed by atoms with van der Waals surface area (Å²) in [6.45, 7) is 0.